The molecular formula is C19H24FIN4OS. The summed E-state index contributed by atoms with van der Waals surface area (Å²) in [5.41, 5.74) is 2.24. The Morgan fingerprint density at radius 3 is 2.78 bits per heavy atom. The Morgan fingerprint density at radius 1 is 1.26 bits per heavy atom. The molecule has 0 saturated heterocycles. The van der Waals surface area contributed by atoms with Gasteiger partial charge in [-0.2, -0.15) is 0 Å². The summed E-state index contributed by atoms with van der Waals surface area (Å²) in [6, 6.07) is 8.44. The van der Waals surface area contributed by atoms with Crippen LogP contribution in [0.1, 0.15) is 22.4 Å². The Kier molecular flexibility index (Phi) is 8.49. The number of aliphatic imine (C=N–C) groups is 1. The molecule has 2 heterocycles. The molecule has 2 aromatic rings. The summed E-state index contributed by atoms with van der Waals surface area (Å²) in [5.74, 6) is 0.534. The molecule has 1 aromatic carbocycles. The number of carbonyl (C=O) groups excluding carboxylic acids is 1. The number of nitrogens with one attached hydrogen (secondary N) is 2. The molecule has 8 heteroatoms. The number of nitrogens with zero attached hydrogens (tertiary/aromatic N) is 2. The maximum Gasteiger partial charge on any atom is 0.224 e. The maximum atomic E-state index is 12.9. The number of fused-ring (bicyclic) bond motifs is 1. The van der Waals surface area contributed by atoms with Crippen molar-refractivity contribution in [1.82, 2.24) is 15.5 Å². The van der Waals surface area contributed by atoms with Crippen LogP contribution in [-0.2, 0) is 24.3 Å². The number of halogens is 2. The molecule has 0 atom stereocenters. The predicted octanol–water partition coefficient (Wildman–Crippen LogP) is 3.15. The summed E-state index contributed by atoms with van der Waals surface area (Å²) >= 11 is 1.77. The van der Waals surface area contributed by atoms with Crippen LogP contribution in [0.2, 0.25) is 0 Å². The lowest BCUT2D eigenvalue weighted by atomic mass is 10.1. The lowest BCUT2D eigenvalue weighted by molar-refractivity contribution is -0.131. The molecule has 1 aliphatic rings. The fourth-order valence-electron chi connectivity index (χ4n) is 2.92. The molecular weight excluding hydrogens is 478 g/mol. The molecule has 0 aliphatic carbocycles. The topological polar surface area (TPSA) is 56.7 Å². The van der Waals surface area contributed by atoms with E-state index in [9.17, 15) is 9.18 Å². The fraction of sp³-hybridized carbons (Fsp3) is 0.368. The van der Waals surface area contributed by atoms with Gasteiger partial charge in [-0.05, 0) is 41.1 Å². The van der Waals surface area contributed by atoms with E-state index in [1.54, 1.807) is 30.5 Å². The number of guanidine groups is 1. The molecule has 0 unspecified atom stereocenters. The van der Waals surface area contributed by atoms with Crippen LogP contribution in [0, 0.1) is 5.82 Å². The number of hydrogen-bond acceptors (Lipinski definition) is 3. The second-order valence-electron chi connectivity index (χ2n) is 6.16. The molecule has 0 saturated carbocycles. The standard InChI is InChI=1S/C19H23FN4OS.HI/c1-21-19(23-12-14-2-4-16(20)5-3-14)22-9-6-18(25)24-10-7-17-15(13-24)8-11-26-17;/h2-5,8,11H,6-7,9-10,12-13H2,1H3,(H2,21,22,23);1H. The Labute approximate surface area is 180 Å². The third kappa shape index (κ3) is 6.17. The van der Waals surface area contributed by atoms with Gasteiger partial charge in [0.05, 0.1) is 0 Å². The van der Waals surface area contributed by atoms with Gasteiger partial charge in [0.2, 0.25) is 5.91 Å². The average molecular weight is 502 g/mol. The van der Waals surface area contributed by atoms with Crippen molar-refractivity contribution in [1.29, 1.82) is 0 Å². The van der Waals surface area contributed by atoms with E-state index in [1.807, 2.05) is 4.90 Å². The van der Waals surface area contributed by atoms with Gasteiger partial charge in [-0.3, -0.25) is 9.79 Å². The number of amides is 1. The van der Waals surface area contributed by atoms with Gasteiger partial charge in [0, 0.05) is 44.5 Å². The molecule has 0 fully saturated rings. The van der Waals surface area contributed by atoms with Crippen molar-refractivity contribution in [3.63, 3.8) is 0 Å². The van der Waals surface area contributed by atoms with Crippen LogP contribution in [0.25, 0.3) is 0 Å². The van der Waals surface area contributed by atoms with Crippen LogP contribution in [-0.4, -0.2) is 36.9 Å². The molecule has 1 aromatic heterocycles. The van der Waals surface area contributed by atoms with E-state index in [2.05, 4.69) is 27.1 Å². The van der Waals surface area contributed by atoms with E-state index >= 15 is 0 Å². The second-order valence-corrected chi connectivity index (χ2v) is 7.16. The van der Waals surface area contributed by atoms with E-state index < -0.39 is 0 Å². The lowest BCUT2D eigenvalue weighted by Gasteiger charge is -2.27. The van der Waals surface area contributed by atoms with Gasteiger partial charge in [0.25, 0.3) is 0 Å². The minimum Gasteiger partial charge on any atom is -0.356 e. The Morgan fingerprint density at radius 2 is 2.04 bits per heavy atom. The summed E-state index contributed by atoms with van der Waals surface area (Å²) in [7, 11) is 1.69. The minimum absolute atomic E-state index is 0. The average Bonchev–Trinajstić information content (AvgIpc) is 3.13. The van der Waals surface area contributed by atoms with E-state index in [4.69, 9.17) is 0 Å². The summed E-state index contributed by atoms with van der Waals surface area (Å²) in [6.07, 6.45) is 1.38. The first-order valence-corrected chi connectivity index (χ1v) is 9.55. The van der Waals surface area contributed by atoms with Crippen molar-refractivity contribution in [3.05, 3.63) is 57.5 Å². The van der Waals surface area contributed by atoms with Crippen LogP contribution in [0.5, 0.6) is 0 Å². The van der Waals surface area contributed by atoms with Gasteiger partial charge in [-0.15, -0.1) is 35.3 Å². The molecule has 1 amide bonds. The van der Waals surface area contributed by atoms with E-state index in [1.165, 1.54) is 22.6 Å². The lowest BCUT2D eigenvalue weighted by Crippen LogP contribution is -2.40. The largest absolute Gasteiger partial charge is 0.356 e. The fourth-order valence-corrected chi connectivity index (χ4v) is 3.81. The minimum atomic E-state index is -0.248. The highest BCUT2D eigenvalue weighted by Gasteiger charge is 2.20. The Balaban J connectivity index is 0.00000261. The number of rotatable bonds is 5. The van der Waals surface area contributed by atoms with Gasteiger partial charge in [-0.1, -0.05) is 12.1 Å². The van der Waals surface area contributed by atoms with Crippen molar-refractivity contribution in [2.24, 2.45) is 4.99 Å². The molecule has 146 valence electrons. The van der Waals surface area contributed by atoms with Crippen LogP contribution in [0.4, 0.5) is 4.39 Å². The zero-order valence-electron chi connectivity index (χ0n) is 15.2. The third-order valence-corrected chi connectivity index (χ3v) is 5.41. The first kappa shape index (κ1) is 21.6. The molecule has 0 bridgehead atoms. The van der Waals surface area contributed by atoms with E-state index in [0.29, 0.717) is 25.5 Å². The smallest absolute Gasteiger partial charge is 0.224 e. The van der Waals surface area contributed by atoms with Crippen molar-refractivity contribution in [2.45, 2.75) is 25.9 Å². The molecule has 1 aliphatic heterocycles. The Hall–Kier alpha value is -1.68. The van der Waals surface area contributed by atoms with Crippen molar-refractivity contribution < 1.29 is 9.18 Å². The molecule has 2 N–H and O–H groups in total. The summed E-state index contributed by atoms with van der Waals surface area (Å²) < 4.78 is 12.9. The van der Waals surface area contributed by atoms with Crippen LogP contribution < -0.4 is 10.6 Å². The van der Waals surface area contributed by atoms with Gasteiger partial charge in [0.1, 0.15) is 5.82 Å². The number of carbonyl (C=O) groups is 1. The van der Waals surface area contributed by atoms with E-state index in [-0.39, 0.29) is 35.7 Å². The number of thiophene rings is 1. The van der Waals surface area contributed by atoms with Crippen LogP contribution in [0.3, 0.4) is 0 Å². The van der Waals surface area contributed by atoms with Gasteiger partial charge in [0.15, 0.2) is 5.96 Å². The monoisotopic (exact) mass is 502 g/mol. The van der Waals surface area contributed by atoms with Crippen molar-refractivity contribution in [2.75, 3.05) is 20.1 Å². The van der Waals surface area contributed by atoms with Gasteiger partial charge < -0.3 is 15.5 Å². The Bertz CT molecular complexity index is 778. The molecule has 0 radical (unpaired) electrons. The highest BCUT2D eigenvalue weighted by Crippen LogP contribution is 2.24. The number of benzene rings is 1. The highest BCUT2D eigenvalue weighted by molar-refractivity contribution is 14.0. The van der Waals surface area contributed by atoms with Gasteiger partial charge >= 0.3 is 0 Å². The normalized spacial score (nSPS) is 13.6. The SMILES string of the molecule is CN=C(NCCC(=O)N1CCc2sccc2C1)NCc1ccc(F)cc1.I. The quantitative estimate of drug-likeness (QED) is 0.376. The van der Waals surface area contributed by atoms with Gasteiger partial charge in [-0.25, -0.2) is 4.39 Å². The zero-order chi connectivity index (χ0) is 18.4. The molecule has 27 heavy (non-hydrogen) atoms. The van der Waals surface area contributed by atoms with E-state index in [0.717, 1.165) is 25.1 Å². The second kappa shape index (κ2) is 10.6. The maximum absolute atomic E-state index is 12.9. The first-order valence-electron chi connectivity index (χ1n) is 8.67. The molecule has 0 spiro atoms. The molecule has 5 nitrogen and oxygen atoms in total. The van der Waals surface area contributed by atoms with Crippen LogP contribution in [0.15, 0.2) is 40.7 Å². The summed E-state index contributed by atoms with van der Waals surface area (Å²) in [4.78, 5) is 19.9. The zero-order valence-corrected chi connectivity index (χ0v) is 18.4. The van der Waals surface area contributed by atoms with Crippen molar-refractivity contribution in [3.8, 4) is 0 Å². The summed E-state index contributed by atoms with van der Waals surface area (Å²) in [5, 5.41) is 8.41. The summed E-state index contributed by atoms with van der Waals surface area (Å²) in [6.45, 7) is 2.58. The van der Waals surface area contributed by atoms with Crippen LogP contribution >= 0.6 is 35.3 Å². The third-order valence-electron chi connectivity index (χ3n) is 4.39. The first-order chi connectivity index (χ1) is 12.7. The molecule has 3 rings (SSSR count). The highest BCUT2D eigenvalue weighted by atomic mass is 127. The number of hydrogen-bond donors (Lipinski definition) is 2. The predicted molar refractivity (Wildman–Crippen MR) is 118 cm³/mol. The van der Waals surface area contributed by atoms with Crippen molar-refractivity contribution >= 4 is 47.2 Å².